The molecule has 0 aromatic heterocycles. The van der Waals surface area contributed by atoms with Gasteiger partial charge in [-0.15, -0.1) is 0 Å². The van der Waals surface area contributed by atoms with Crippen molar-refractivity contribution in [2.24, 2.45) is 5.73 Å². The first kappa shape index (κ1) is 11.6. The molecule has 0 saturated heterocycles. The molecule has 0 fully saturated rings. The van der Waals surface area contributed by atoms with Crippen LogP contribution in [0.1, 0.15) is 17.2 Å². The zero-order valence-corrected chi connectivity index (χ0v) is 10.9. The Balaban J connectivity index is 1.56. The molecule has 0 amide bonds. The number of nitrogens with two attached hydrogens (primary N) is 1. The van der Waals surface area contributed by atoms with Crippen LogP contribution in [0, 0.1) is 0 Å². The van der Waals surface area contributed by atoms with Crippen LogP contribution in [0.5, 0.6) is 17.2 Å². The minimum atomic E-state index is -0.0865. The minimum absolute atomic E-state index is 0.0345. The van der Waals surface area contributed by atoms with Gasteiger partial charge >= 0.3 is 0 Å². The third-order valence-electron chi connectivity index (χ3n) is 3.87. The van der Waals surface area contributed by atoms with E-state index < -0.39 is 0 Å². The van der Waals surface area contributed by atoms with E-state index >= 15 is 0 Å². The van der Waals surface area contributed by atoms with Crippen molar-refractivity contribution in [2.45, 2.75) is 18.6 Å². The first-order valence-electron chi connectivity index (χ1n) is 6.71. The smallest absolute Gasteiger partial charge is 0.231 e. The SMILES string of the molecule is NC1c2ccccc2CC1Oc1ccc2c(c1)OCO2. The summed E-state index contributed by atoms with van der Waals surface area (Å²) in [4.78, 5) is 0. The highest BCUT2D eigenvalue weighted by molar-refractivity contribution is 5.47. The molecule has 2 atom stereocenters. The van der Waals surface area contributed by atoms with Crippen molar-refractivity contribution < 1.29 is 14.2 Å². The molecule has 0 bridgehead atoms. The van der Waals surface area contributed by atoms with E-state index in [1.807, 2.05) is 30.3 Å². The Morgan fingerprint density at radius 3 is 2.80 bits per heavy atom. The normalized spacial score (nSPS) is 22.6. The lowest BCUT2D eigenvalue weighted by molar-refractivity contribution is 0.172. The number of ether oxygens (including phenoxy) is 3. The van der Waals surface area contributed by atoms with E-state index in [0.717, 1.165) is 23.7 Å². The molecule has 4 heteroatoms. The highest BCUT2D eigenvalue weighted by Gasteiger charge is 2.31. The summed E-state index contributed by atoms with van der Waals surface area (Å²) < 4.78 is 16.7. The van der Waals surface area contributed by atoms with Gasteiger partial charge in [-0.2, -0.15) is 0 Å². The topological polar surface area (TPSA) is 53.7 Å². The van der Waals surface area contributed by atoms with Gasteiger partial charge < -0.3 is 19.9 Å². The zero-order valence-electron chi connectivity index (χ0n) is 10.9. The van der Waals surface area contributed by atoms with E-state index in [4.69, 9.17) is 19.9 Å². The van der Waals surface area contributed by atoms with Gasteiger partial charge in [0.15, 0.2) is 11.5 Å². The maximum Gasteiger partial charge on any atom is 0.231 e. The minimum Gasteiger partial charge on any atom is -0.488 e. The fraction of sp³-hybridized carbons (Fsp3) is 0.250. The molecule has 2 unspecified atom stereocenters. The molecular weight excluding hydrogens is 254 g/mol. The van der Waals surface area contributed by atoms with Crippen LogP contribution in [0.4, 0.5) is 0 Å². The molecule has 102 valence electrons. The van der Waals surface area contributed by atoms with Crippen LogP contribution in [0.25, 0.3) is 0 Å². The lowest BCUT2D eigenvalue weighted by atomic mass is 10.1. The van der Waals surface area contributed by atoms with Crippen molar-refractivity contribution in [3.05, 3.63) is 53.6 Å². The van der Waals surface area contributed by atoms with Gasteiger partial charge in [-0.1, -0.05) is 24.3 Å². The molecule has 0 radical (unpaired) electrons. The predicted molar refractivity (Wildman–Crippen MR) is 74.1 cm³/mol. The van der Waals surface area contributed by atoms with Gasteiger partial charge in [-0.3, -0.25) is 0 Å². The van der Waals surface area contributed by atoms with Gasteiger partial charge in [-0.05, 0) is 23.3 Å². The van der Waals surface area contributed by atoms with E-state index in [0.29, 0.717) is 0 Å². The largest absolute Gasteiger partial charge is 0.488 e. The third-order valence-corrected chi connectivity index (χ3v) is 3.87. The third kappa shape index (κ3) is 1.80. The van der Waals surface area contributed by atoms with E-state index in [1.54, 1.807) is 0 Å². The molecule has 20 heavy (non-hydrogen) atoms. The Morgan fingerprint density at radius 2 is 1.90 bits per heavy atom. The first-order chi connectivity index (χ1) is 9.81. The summed E-state index contributed by atoms with van der Waals surface area (Å²) in [6, 6.07) is 13.8. The molecule has 1 heterocycles. The van der Waals surface area contributed by atoms with E-state index in [9.17, 15) is 0 Å². The number of rotatable bonds is 2. The number of fused-ring (bicyclic) bond motifs is 2. The Labute approximate surface area is 117 Å². The lowest BCUT2D eigenvalue weighted by Crippen LogP contribution is -2.27. The fourth-order valence-electron chi connectivity index (χ4n) is 2.83. The average molecular weight is 269 g/mol. The summed E-state index contributed by atoms with van der Waals surface area (Å²) in [6.07, 6.45) is 0.805. The van der Waals surface area contributed by atoms with E-state index in [-0.39, 0.29) is 18.9 Å². The molecule has 4 rings (SSSR count). The maximum absolute atomic E-state index is 6.27. The number of benzene rings is 2. The molecule has 2 aromatic rings. The van der Waals surface area contributed by atoms with Crippen molar-refractivity contribution in [1.29, 1.82) is 0 Å². The molecule has 0 spiro atoms. The molecular formula is C16H15NO3. The van der Waals surface area contributed by atoms with Crippen LogP contribution in [-0.2, 0) is 6.42 Å². The summed E-state index contributed by atoms with van der Waals surface area (Å²) >= 11 is 0. The zero-order chi connectivity index (χ0) is 13.5. The fourth-order valence-corrected chi connectivity index (χ4v) is 2.83. The number of hydrogen-bond acceptors (Lipinski definition) is 4. The van der Waals surface area contributed by atoms with Crippen LogP contribution < -0.4 is 19.9 Å². The molecule has 1 aliphatic carbocycles. The van der Waals surface area contributed by atoms with Crippen molar-refractivity contribution in [3.63, 3.8) is 0 Å². The molecule has 4 nitrogen and oxygen atoms in total. The van der Waals surface area contributed by atoms with Gasteiger partial charge in [0.2, 0.25) is 6.79 Å². The van der Waals surface area contributed by atoms with Gasteiger partial charge in [0.05, 0.1) is 6.04 Å². The van der Waals surface area contributed by atoms with E-state index in [2.05, 4.69) is 12.1 Å². The highest BCUT2D eigenvalue weighted by atomic mass is 16.7. The van der Waals surface area contributed by atoms with Crippen LogP contribution >= 0.6 is 0 Å². The second-order valence-corrected chi connectivity index (χ2v) is 5.10. The molecule has 2 aromatic carbocycles. The summed E-state index contributed by atoms with van der Waals surface area (Å²) in [6.45, 7) is 0.271. The second kappa shape index (κ2) is 4.42. The van der Waals surface area contributed by atoms with Crippen LogP contribution in [0.3, 0.4) is 0 Å². The molecule has 1 aliphatic heterocycles. The van der Waals surface area contributed by atoms with Crippen molar-refractivity contribution >= 4 is 0 Å². The Bertz CT molecular complexity index is 656. The van der Waals surface area contributed by atoms with Gasteiger partial charge in [0.25, 0.3) is 0 Å². The Hall–Kier alpha value is -2.20. The second-order valence-electron chi connectivity index (χ2n) is 5.10. The van der Waals surface area contributed by atoms with E-state index in [1.165, 1.54) is 11.1 Å². The van der Waals surface area contributed by atoms with Gasteiger partial charge in [-0.25, -0.2) is 0 Å². The van der Waals surface area contributed by atoms with Crippen LogP contribution in [0.15, 0.2) is 42.5 Å². The Morgan fingerprint density at radius 1 is 1.05 bits per heavy atom. The molecule has 0 saturated carbocycles. The quantitative estimate of drug-likeness (QED) is 0.909. The summed E-state index contributed by atoms with van der Waals surface area (Å²) in [5, 5.41) is 0. The highest BCUT2D eigenvalue weighted by Crippen LogP contribution is 2.37. The van der Waals surface area contributed by atoms with Gasteiger partial charge in [0.1, 0.15) is 11.9 Å². The monoisotopic (exact) mass is 269 g/mol. The van der Waals surface area contributed by atoms with Crippen LogP contribution in [0.2, 0.25) is 0 Å². The molecule has 2 N–H and O–H groups in total. The maximum atomic E-state index is 6.27. The summed E-state index contributed by atoms with van der Waals surface area (Å²) in [5.41, 5.74) is 8.72. The van der Waals surface area contributed by atoms with Gasteiger partial charge in [0, 0.05) is 12.5 Å². The lowest BCUT2D eigenvalue weighted by Gasteiger charge is -2.18. The summed E-state index contributed by atoms with van der Waals surface area (Å²) in [7, 11) is 0. The average Bonchev–Trinajstić information content (AvgIpc) is 3.05. The van der Waals surface area contributed by atoms with Crippen LogP contribution in [-0.4, -0.2) is 12.9 Å². The Kier molecular flexibility index (Phi) is 2.57. The number of hydrogen-bond donors (Lipinski definition) is 1. The predicted octanol–water partition coefficient (Wildman–Crippen LogP) is 2.42. The standard InChI is InChI=1S/C16H15NO3/c17-16-12-4-2-1-3-10(12)7-15(16)20-11-5-6-13-14(8-11)19-9-18-13/h1-6,8,15-16H,7,9,17H2. The van der Waals surface area contributed by atoms with Crippen molar-refractivity contribution in [2.75, 3.05) is 6.79 Å². The molecule has 2 aliphatic rings. The first-order valence-corrected chi connectivity index (χ1v) is 6.71. The van der Waals surface area contributed by atoms with Crippen molar-refractivity contribution in [3.8, 4) is 17.2 Å². The van der Waals surface area contributed by atoms with Crippen molar-refractivity contribution in [1.82, 2.24) is 0 Å². The summed E-state index contributed by atoms with van der Waals surface area (Å²) in [5.74, 6) is 2.26.